The monoisotopic (exact) mass is 489 g/mol. The third-order valence-corrected chi connectivity index (χ3v) is 6.26. The highest BCUT2D eigenvalue weighted by atomic mass is 35.5. The molecule has 1 atom stereocenters. The van der Waals surface area contributed by atoms with Crippen LogP contribution in [0.2, 0.25) is 5.02 Å². The van der Waals surface area contributed by atoms with Crippen molar-refractivity contribution in [2.75, 3.05) is 13.7 Å². The van der Waals surface area contributed by atoms with Gasteiger partial charge in [0, 0.05) is 17.1 Å². The van der Waals surface area contributed by atoms with E-state index >= 15 is 0 Å². The summed E-state index contributed by atoms with van der Waals surface area (Å²) < 4.78 is 7.18. The Morgan fingerprint density at radius 2 is 1.71 bits per heavy atom. The van der Waals surface area contributed by atoms with Crippen molar-refractivity contribution >= 4 is 28.4 Å². The zero-order chi connectivity index (χ0) is 24.9. The SMILES string of the molecule is CCCN(C(=O)c1ccc(Cl)cc1)C(CC)c1nc2ccccc2c(=O)n1-c1ccccc1OC. The first-order valence-electron chi connectivity index (χ1n) is 11.7. The van der Waals surface area contributed by atoms with Gasteiger partial charge in [0.05, 0.1) is 29.7 Å². The molecule has 6 nitrogen and oxygen atoms in total. The molecule has 0 radical (unpaired) electrons. The number of ether oxygens (including phenoxy) is 1. The summed E-state index contributed by atoms with van der Waals surface area (Å²) in [5.41, 5.74) is 1.51. The van der Waals surface area contributed by atoms with Gasteiger partial charge in [-0.1, -0.05) is 49.7 Å². The van der Waals surface area contributed by atoms with Crippen LogP contribution in [-0.2, 0) is 0 Å². The lowest BCUT2D eigenvalue weighted by atomic mass is 10.1. The van der Waals surface area contributed by atoms with E-state index in [-0.39, 0.29) is 11.5 Å². The molecule has 4 rings (SSSR count). The average Bonchev–Trinajstić information content (AvgIpc) is 2.89. The predicted octanol–water partition coefficient (Wildman–Crippen LogP) is 6.05. The van der Waals surface area contributed by atoms with Gasteiger partial charge in [-0.15, -0.1) is 0 Å². The fraction of sp³-hybridized carbons (Fsp3) is 0.250. The van der Waals surface area contributed by atoms with E-state index in [1.54, 1.807) is 46.9 Å². The number of benzene rings is 3. The topological polar surface area (TPSA) is 64.4 Å². The second kappa shape index (κ2) is 10.7. The minimum absolute atomic E-state index is 0.135. The third-order valence-electron chi connectivity index (χ3n) is 6.01. The maximum atomic E-state index is 13.8. The van der Waals surface area contributed by atoms with Gasteiger partial charge in [-0.3, -0.25) is 14.2 Å². The summed E-state index contributed by atoms with van der Waals surface area (Å²) in [5.74, 6) is 0.912. The Balaban J connectivity index is 1.97. The van der Waals surface area contributed by atoms with E-state index in [4.69, 9.17) is 21.3 Å². The molecule has 3 aromatic carbocycles. The van der Waals surface area contributed by atoms with Gasteiger partial charge in [0.1, 0.15) is 11.6 Å². The number of rotatable bonds is 8. The molecule has 0 aliphatic carbocycles. The molecule has 0 saturated heterocycles. The molecule has 35 heavy (non-hydrogen) atoms. The molecular formula is C28H28ClN3O3. The molecule has 4 aromatic rings. The first-order chi connectivity index (χ1) is 17.0. The van der Waals surface area contributed by atoms with Crippen LogP contribution >= 0.6 is 11.6 Å². The van der Waals surface area contributed by atoms with Crippen molar-refractivity contribution in [3.8, 4) is 11.4 Å². The van der Waals surface area contributed by atoms with E-state index < -0.39 is 6.04 Å². The molecule has 0 aliphatic heterocycles. The van der Waals surface area contributed by atoms with Crippen molar-refractivity contribution in [3.63, 3.8) is 0 Å². The minimum Gasteiger partial charge on any atom is -0.495 e. The number of para-hydroxylation sites is 3. The lowest BCUT2D eigenvalue weighted by Gasteiger charge is -2.32. The van der Waals surface area contributed by atoms with E-state index in [0.29, 0.717) is 51.7 Å². The van der Waals surface area contributed by atoms with Crippen molar-refractivity contribution in [2.24, 2.45) is 0 Å². The summed E-state index contributed by atoms with van der Waals surface area (Å²) >= 11 is 6.05. The number of nitrogens with zero attached hydrogens (tertiary/aromatic N) is 3. The number of aromatic nitrogens is 2. The van der Waals surface area contributed by atoms with E-state index in [2.05, 4.69) is 0 Å². The molecule has 0 N–H and O–H groups in total. The van der Waals surface area contributed by atoms with Gasteiger partial charge in [0.15, 0.2) is 0 Å². The summed E-state index contributed by atoms with van der Waals surface area (Å²) in [7, 11) is 1.57. The predicted molar refractivity (Wildman–Crippen MR) is 140 cm³/mol. The molecule has 0 spiro atoms. The molecule has 0 aliphatic rings. The van der Waals surface area contributed by atoms with E-state index in [1.165, 1.54) is 0 Å². The van der Waals surface area contributed by atoms with E-state index in [0.717, 1.165) is 6.42 Å². The Morgan fingerprint density at radius 1 is 1.03 bits per heavy atom. The summed E-state index contributed by atoms with van der Waals surface area (Å²) in [6.07, 6.45) is 1.32. The average molecular weight is 490 g/mol. The molecule has 0 saturated carbocycles. The highest BCUT2D eigenvalue weighted by Crippen LogP contribution is 2.30. The second-order valence-electron chi connectivity index (χ2n) is 8.23. The number of hydrogen-bond acceptors (Lipinski definition) is 4. The number of methoxy groups -OCH3 is 1. The number of hydrogen-bond donors (Lipinski definition) is 0. The Morgan fingerprint density at radius 3 is 2.40 bits per heavy atom. The largest absolute Gasteiger partial charge is 0.495 e. The number of fused-ring (bicyclic) bond motifs is 1. The van der Waals surface area contributed by atoms with Crippen LogP contribution in [-0.4, -0.2) is 34.0 Å². The molecule has 1 unspecified atom stereocenters. The van der Waals surface area contributed by atoms with Crippen molar-refractivity contribution in [2.45, 2.75) is 32.7 Å². The standard InChI is InChI=1S/C28H28ClN3O3/c1-4-18-31(27(33)19-14-16-20(29)17-15-19)23(5-2)26-30-22-11-7-6-10-21(22)28(34)32(26)24-12-8-9-13-25(24)35-3/h6-17,23H,4-5,18H2,1-3H3. The lowest BCUT2D eigenvalue weighted by Crippen LogP contribution is -2.39. The van der Waals surface area contributed by atoms with Gasteiger partial charge in [-0.05, 0) is 61.4 Å². The molecule has 0 fully saturated rings. The second-order valence-corrected chi connectivity index (χ2v) is 8.67. The maximum Gasteiger partial charge on any atom is 0.266 e. The molecular weight excluding hydrogens is 462 g/mol. The molecule has 7 heteroatoms. The van der Waals surface area contributed by atoms with Crippen LogP contribution in [0.5, 0.6) is 5.75 Å². The molecule has 1 heterocycles. The van der Waals surface area contributed by atoms with Gasteiger partial charge in [-0.2, -0.15) is 0 Å². The van der Waals surface area contributed by atoms with Crippen molar-refractivity contribution in [1.82, 2.24) is 14.5 Å². The number of amides is 1. The van der Waals surface area contributed by atoms with Crippen LogP contribution in [0.15, 0.2) is 77.6 Å². The Bertz CT molecular complexity index is 1400. The van der Waals surface area contributed by atoms with E-state index in [9.17, 15) is 9.59 Å². The van der Waals surface area contributed by atoms with Crippen LogP contribution < -0.4 is 10.3 Å². The van der Waals surface area contributed by atoms with Crippen molar-refractivity contribution in [1.29, 1.82) is 0 Å². The number of carbonyl (C=O) groups excluding carboxylic acids is 1. The highest BCUT2D eigenvalue weighted by molar-refractivity contribution is 6.30. The van der Waals surface area contributed by atoms with Crippen LogP contribution in [0.25, 0.3) is 16.6 Å². The Kier molecular flexibility index (Phi) is 7.51. The number of carbonyl (C=O) groups is 1. The van der Waals surface area contributed by atoms with Gasteiger partial charge >= 0.3 is 0 Å². The molecule has 1 amide bonds. The first kappa shape index (κ1) is 24.5. The Labute approximate surface area is 209 Å². The zero-order valence-corrected chi connectivity index (χ0v) is 20.8. The molecule has 180 valence electrons. The smallest absolute Gasteiger partial charge is 0.266 e. The van der Waals surface area contributed by atoms with Crippen molar-refractivity contribution in [3.05, 3.63) is 99.6 Å². The number of halogens is 1. The van der Waals surface area contributed by atoms with Gasteiger partial charge in [-0.25, -0.2) is 4.98 Å². The highest BCUT2D eigenvalue weighted by Gasteiger charge is 2.30. The minimum atomic E-state index is -0.444. The van der Waals surface area contributed by atoms with Crippen LogP contribution in [0, 0.1) is 0 Å². The first-order valence-corrected chi connectivity index (χ1v) is 12.1. The van der Waals surface area contributed by atoms with Crippen LogP contribution in [0.4, 0.5) is 0 Å². The maximum absolute atomic E-state index is 13.8. The fourth-order valence-corrected chi connectivity index (χ4v) is 4.49. The van der Waals surface area contributed by atoms with Crippen LogP contribution in [0.3, 0.4) is 0 Å². The normalized spacial score (nSPS) is 11.9. The summed E-state index contributed by atoms with van der Waals surface area (Å²) in [4.78, 5) is 34.3. The van der Waals surface area contributed by atoms with Crippen molar-refractivity contribution < 1.29 is 9.53 Å². The van der Waals surface area contributed by atoms with Gasteiger partial charge in [0.25, 0.3) is 11.5 Å². The van der Waals surface area contributed by atoms with E-state index in [1.807, 2.05) is 56.3 Å². The Hall–Kier alpha value is -3.64. The summed E-state index contributed by atoms with van der Waals surface area (Å²) in [6.45, 7) is 4.53. The van der Waals surface area contributed by atoms with Crippen LogP contribution in [0.1, 0.15) is 48.9 Å². The quantitative estimate of drug-likeness (QED) is 0.302. The third kappa shape index (κ3) is 4.80. The summed E-state index contributed by atoms with van der Waals surface area (Å²) in [5, 5.41) is 1.07. The molecule has 1 aromatic heterocycles. The summed E-state index contributed by atoms with van der Waals surface area (Å²) in [6, 6.07) is 21.0. The van der Waals surface area contributed by atoms with Gasteiger partial charge < -0.3 is 9.64 Å². The zero-order valence-electron chi connectivity index (χ0n) is 20.1. The fourth-order valence-electron chi connectivity index (χ4n) is 4.36. The molecule has 0 bridgehead atoms. The lowest BCUT2D eigenvalue weighted by molar-refractivity contribution is 0.0659. The van der Waals surface area contributed by atoms with Gasteiger partial charge in [0.2, 0.25) is 0 Å².